The van der Waals surface area contributed by atoms with Gasteiger partial charge in [-0.25, -0.2) is 19.8 Å². The van der Waals surface area contributed by atoms with E-state index in [0.29, 0.717) is 10.7 Å². The third-order valence-electron chi connectivity index (χ3n) is 3.32. The van der Waals surface area contributed by atoms with Gasteiger partial charge in [0.15, 0.2) is 0 Å². The lowest BCUT2D eigenvalue weighted by Gasteiger charge is -2.13. The Morgan fingerprint density at radius 2 is 2.00 bits per heavy atom. The van der Waals surface area contributed by atoms with Gasteiger partial charge in [0.2, 0.25) is 5.91 Å². The molecule has 0 atom stereocenters. The van der Waals surface area contributed by atoms with E-state index >= 15 is 0 Å². The van der Waals surface area contributed by atoms with Crippen LogP contribution in [-0.2, 0) is 4.79 Å². The molecule has 2 aromatic heterocycles. The van der Waals surface area contributed by atoms with Gasteiger partial charge in [-0.1, -0.05) is 0 Å². The van der Waals surface area contributed by atoms with Crippen LogP contribution < -0.4 is 10.7 Å². The molecule has 3 heterocycles. The van der Waals surface area contributed by atoms with Gasteiger partial charge in [-0.3, -0.25) is 20.3 Å². The lowest BCUT2D eigenvalue weighted by molar-refractivity contribution is -0.118. The molecule has 3 rings (SSSR count). The minimum absolute atomic E-state index is 0.188. The first-order chi connectivity index (χ1) is 10.4. The van der Waals surface area contributed by atoms with Gasteiger partial charge >= 0.3 is 6.03 Å². The van der Waals surface area contributed by atoms with E-state index in [1.165, 1.54) is 11.3 Å². The summed E-state index contributed by atoms with van der Waals surface area (Å²) in [5, 5.41) is 3.90. The van der Waals surface area contributed by atoms with Crippen LogP contribution in [-0.4, -0.2) is 39.4 Å². The zero-order valence-corrected chi connectivity index (χ0v) is 13.0. The van der Waals surface area contributed by atoms with Crippen molar-refractivity contribution in [2.24, 2.45) is 0 Å². The maximum atomic E-state index is 12.4. The van der Waals surface area contributed by atoms with E-state index in [4.69, 9.17) is 0 Å². The number of rotatable bonds is 2. The second-order valence-electron chi connectivity index (χ2n) is 4.97. The van der Waals surface area contributed by atoms with Gasteiger partial charge < -0.3 is 0 Å². The van der Waals surface area contributed by atoms with Crippen molar-refractivity contribution in [1.29, 1.82) is 0 Å². The molecule has 114 valence electrons. The number of imide groups is 1. The lowest BCUT2D eigenvalue weighted by atomic mass is 10.1. The minimum Gasteiger partial charge on any atom is -0.275 e. The average Bonchev–Trinajstić information content (AvgIpc) is 2.90. The van der Waals surface area contributed by atoms with Crippen LogP contribution in [0.1, 0.15) is 26.8 Å². The largest absolute Gasteiger partial charge is 0.343 e. The number of nitrogens with one attached hydrogen (secondary N) is 2. The Morgan fingerprint density at radius 3 is 2.64 bits per heavy atom. The molecule has 2 N–H and O–H groups in total. The first-order valence-corrected chi connectivity index (χ1v) is 7.35. The number of thiophene rings is 1. The molecule has 8 nitrogen and oxygen atoms in total. The Labute approximate surface area is 129 Å². The van der Waals surface area contributed by atoms with Crippen LogP contribution in [0.15, 0.2) is 0 Å². The van der Waals surface area contributed by atoms with Crippen molar-refractivity contribution in [2.45, 2.75) is 20.8 Å². The number of urea groups is 1. The SMILES string of the molecule is Cc1nc(C)c2c(C)c(C(=O)NN3CC(=O)NC3=O)sc2n1. The second-order valence-corrected chi connectivity index (χ2v) is 5.97. The lowest BCUT2D eigenvalue weighted by Crippen LogP contribution is -2.44. The summed E-state index contributed by atoms with van der Waals surface area (Å²) in [5.41, 5.74) is 4.01. The highest BCUT2D eigenvalue weighted by molar-refractivity contribution is 7.20. The molecule has 1 saturated heterocycles. The molecule has 0 aliphatic carbocycles. The first kappa shape index (κ1) is 14.4. The molecule has 22 heavy (non-hydrogen) atoms. The van der Waals surface area contributed by atoms with Gasteiger partial charge in [0.25, 0.3) is 5.91 Å². The summed E-state index contributed by atoms with van der Waals surface area (Å²) in [4.78, 5) is 44.8. The van der Waals surface area contributed by atoms with Crippen LogP contribution in [0.5, 0.6) is 0 Å². The van der Waals surface area contributed by atoms with Gasteiger partial charge in [-0.15, -0.1) is 11.3 Å². The van der Waals surface area contributed by atoms with Gasteiger partial charge in [-0.2, -0.15) is 0 Å². The van der Waals surface area contributed by atoms with Crippen molar-refractivity contribution in [3.63, 3.8) is 0 Å². The fourth-order valence-corrected chi connectivity index (χ4v) is 3.56. The van der Waals surface area contributed by atoms with Crippen molar-refractivity contribution in [3.8, 4) is 0 Å². The van der Waals surface area contributed by atoms with Crippen LogP contribution in [0.4, 0.5) is 4.79 Å². The second kappa shape index (κ2) is 5.02. The molecule has 0 saturated carbocycles. The third-order valence-corrected chi connectivity index (χ3v) is 4.50. The molecule has 9 heteroatoms. The van der Waals surface area contributed by atoms with Crippen LogP contribution >= 0.6 is 11.3 Å². The summed E-state index contributed by atoms with van der Waals surface area (Å²) < 4.78 is 0. The number of aryl methyl sites for hydroxylation is 3. The maximum absolute atomic E-state index is 12.4. The molecule has 0 radical (unpaired) electrons. The van der Waals surface area contributed by atoms with Crippen molar-refractivity contribution in [2.75, 3.05) is 6.54 Å². The highest BCUT2D eigenvalue weighted by Gasteiger charge is 2.29. The van der Waals surface area contributed by atoms with E-state index < -0.39 is 17.8 Å². The van der Waals surface area contributed by atoms with Crippen molar-refractivity contribution < 1.29 is 14.4 Å². The molecule has 0 aromatic carbocycles. The Balaban J connectivity index is 1.95. The van der Waals surface area contributed by atoms with Gasteiger partial charge in [0, 0.05) is 11.1 Å². The number of carbonyl (C=O) groups excluding carboxylic acids is 3. The Kier molecular flexibility index (Phi) is 3.28. The minimum atomic E-state index is -0.635. The van der Waals surface area contributed by atoms with E-state index in [-0.39, 0.29) is 6.54 Å². The highest BCUT2D eigenvalue weighted by atomic mass is 32.1. The van der Waals surface area contributed by atoms with Gasteiger partial charge in [-0.05, 0) is 26.3 Å². The summed E-state index contributed by atoms with van der Waals surface area (Å²) in [6.45, 7) is 5.29. The zero-order chi connectivity index (χ0) is 16.0. The van der Waals surface area contributed by atoms with Crippen LogP contribution in [0.25, 0.3) is 10.2 Å². The molecule has 2 aromatic rings. The fraction of sp³-hybridized carbons (Fsp3) is 0.308. The van der Waals surface area contributed by atoms with E-state index in [1.54, 1.807) is 6.92 Å². The Hall–Kier alpha value is -2.55. The molecule has 0 bridgehead atoms. The number of amides is 4. The number of hydrogen-bond donors (Lipinski definition) is 2. The van der Waals surface area contributed by atoms with Crippen molar-refractivity contribution >= 4 is 39.4 Å². The van der Waals surface area contributed by atoms with E-state index in [0.717, 1.165) is 26.5 Å². The van der Waals surface area contributed by atoms with Gasteiger partial charge in [0.1, 0.15) is 17.2 Å². The summed E-state index contributed by atoms with van der Waals surface area (Å²) in [5.74, 6) is -0.249. The van der Waals surface area contributed by atoms with E-state index in [2.05, 4.69) is 20.7 Å². The summed E-state index contributed by atoms with van der Waals surface area (Å²) in [7, 11) is 0. The smallest absolute Gasteiger partial charge is 0.275 e. The van der Waals surface area contributed by atoms with Crippen LogP contribution in [0.3, 0.4) is 0 Å². The number of nitrogens with zero attached hydrogens (tertiary/aromatic N) is 3. The molecule has 1 fully saturated rings. The summed E-state index contributed by atoms with van der Waals surface area (Å²) in [6.07, 6.45) is 0. The van der Waals surface area contributed by atoms with Crippen LogP contribution in [0, 0.1) is 20.8 Å². The highest BCUT2D eigenvalue weighted by Crippen LogP contribution is 2.31. The number of hydrazine groups is 1. The predicted octanol–water partition coefficient (Wildman–Crippen LogP) is 0.813. The van der Waals surface area contributed by atoms with Crippen LogP contribution in [0.2, 0.25) is 0 Å². The van der Waals surface area contributed by atoms with Gasteiger partial charge in [0.05, 0.1) is 4.88 Å². The molecular weight excluding hydrogens is 306 g/mol. The molecular formula is C13H13N5O3S. The van der Waals surface area contributed by atoms with Crippen molar-refractivity contribution in [3.05, 3.63) is 22.0 Å². The quantitative estimate of drug-likeness (QED) is 0.797. The number of fused-ring (bicyclic) bond motifs is 1. The average molecular weight is 319 g/mol. The normalized spacial score (nSPS) is 14.6. The first-order valence-electron chi connectivity index (χ1n) is 6.53. The topological polar surface area (TPSA) is 104 Å². The van der Waals surface area contributed by atoms with E-state index in [9.17, 15) is 14.4 Å². The van der Waals surface area contributed by atoms with E-state index in [1.807, 2.05) is 13.8 Å². The summed E-state index contributed by atoms with van der Waals surface area (Å²) >= 11 is 1.24. The zero-order valence-electron chi connectivity index (χ0n) is 12.2. The van der Waals surface area contributed by atoms with Crippen molar-refractivity contribution in [1.82, 2.24) is 25.7 Å². The molecule has 1 aliphatic heterocycles. The Morgan fingerprint density at radius 1 is 1.27 bits per heavy atom. The molecule has 1 aliphatic rings. The number of hydrogen-bond acceptors (Lipinski definition) is 6. The third kappa shape index (κ3) is 2.29. The molecule has 4 amide bonds. The standard InChI is InChI=1S/C13H13N5O3S/c1-5-9-6(2)14-7(3)15-12(9)22-10(5)11(20)17-18-4-8(19)16-13(18)21/h4H2,1-3H3,(H,17,20)(H,16,19,21). The molecule has 0 spiro atoms. The summed E-state index contributed by atoms with van der Waals surface area (Å²) in [6, 6.07) is -0.635. The monoisotopic (exact) mass is 319 g/mol. The predicted molar refractivity (Wildman–Crippen MR) is 79.3 cm³/mol. The molecule has 0 unspecified atom stereocenters. The number of carbonyl (C=O) groups is 3. The fourth-order valence-electron chi connectivity index (χ4n) is 2.40. The Bertz CT molecular complexity index is 829. The maximum Gasteiger partial charge on any atom is 0.343 e. The number of aromatic nitrogens is 2.